The van der Waals surface area contributed by atoms with Crippen LogP contribution in [0.1, 0.15) is 53.9 Å². The van der Waals surface area contributed by atoms with Crippen molar-refractivity contribution in [2.45, 2.75) is 33.4 Å². The Morgan fingerprint density at radius 1 is 0.918 bits per heavy atom. The van der Waals surface area contributed by atoms with Crippen LogP contribution in [0.25, 0.3) is 0 Å². The van der Waals surface area contributed by atoms with E-state index in [1.54, 1.807) is 51.1 Å². The zero-order valence-electron chi connectivity index (χ0n) is 27.1. The van der Waals surface area contributed by atoms with Gasteiger partial charge in [-0.05, 0) is 119 Å². The van der Waals surface area contributed by atoms with Crippen molar-refractivity contribution in [3.63, 3.8) is 0 Å². The molecule has 1 aliphatic rings. The summed E-state index contributed by atoms with van der Waals surface area (Å²) in [5, 5.41) is 9.38. The molecule has 4 rings (SSSR count). The van der Waals surface area contributed by atoms with Gasteiger partial charge < -0.3 is 34.3 Å². The van der Waals surface area contributed by atoms with E-state index in [1.807, 2.05) is 24.3 Å². The summed E-state index contributed by atoms with van der Waals surface area (Å²) in [5.41, 5.74) is 5.77. The van der Waals surface area contributed by atoms with Crippen LogP contribution in [0, 0.1) is 7.14 Å². The Balaban J connectivity index is 1.33. The van der Waals surface area contributed by atoms with Crippen LogP contribution in [0.3, 0.4) is 0 Å². The van der Waals surface area contributed by atoms with Gasteiger partial charge in [0, 0.05) is 5.70 Å². The van der Waals surface area contributed by atoms with Gasteiger partial charge in [-0.15, -0.1) is 0 Å². The molecule has 258 valence electrons. The highest BCUT2D eigenvalue weighted by Gasteiger charge is 2.32. The molecule has 3 aromatic carbocycles. The minimum absolute atomic E-state index is 0.177. The maximum Gasteiger partial charge on any atom is 0.338 e. The molecule has 13 nitrogen and oxygen atoms in total. The highest BCUT2D eigenvalue weighted by Crippen LogP contribution is 2.35. The fourth-order valence-corrected chi connectivity index (χ4v) is 6.79. The lowest BCUT2D eigenvalue weighted by Gasteiger charge is -2.28. The Hall–Kier alpha value is -4.39. The molecule has 15 heteroatoms. The lowest BCUT2D eigenvalue weighted by molar-refractivity contribution is -0.139. The summed E-state index contributed by atoms with van der Waals surface area (Å²) >= 11 is 4.35. The number of urea groups is 1. The largest absolute Gasteiger partial charge is 0.493 e. The fourth-order valence-electron chi connectivity index (χ4n) is 4.66. The summed E-state index contributed by atoms with van der Waals surface area (Å²) in [5.74, 6) is -0.150. The molecule has 0 fully saturated rings. The zero-order chi connectivity index (χ0) is 35.5. The van der Waals surface area contributed by atoms with Crippen LogP contribution in [-0.2, 0) is 25.7 Å². The molecule has 49 heavy (non-hydrogen) atoms. The SMILES string of the molecule is CCOC(=O)C1=C(C)NC(=O)N[C@@H]1c1ccc(OCC(=O)N/N=C/c2cc(I)c(OCc3ccc(C(=O)OCC)cc3)c(I)c2)c(OC)c1. The molecule has 1 atom stereocenters. The first-order valence-corrected chi connectivity index (χ1v) is 17.2. The Kier molecular flexibility index (Phi) is 13.6. The van der Waals surface area contributed by atoms with Crippen LogP contribution >= 0.6 is 45.2 Å². The molecule has 0 radical (unpaired) electrons. The Morgan fingerprint density at radius 2 is 1.59 bits per heavy atom. The van der Waals surface area contributed by atoms with Crippen molar-refractivity contribution in [1.29, 1.82) is 0 Å². The average molecular weight is 896 g/mol. The highest BCUT2D eigenvalue weighted by atomic mass is 127. The Labute approximate surface area is 310 Å². The van der Waals surface area contributed by atoms with E-state index in [0.717, 1.165) is 18.3 Å². The van der Waals surface area contributed by atoms with Gasteiger partial charge in [0.2, 0.25) is 0 Å². The van der Waals surface area contributed by atoms with E-state index in [1.165, 1.54) is 13.3 Å². The van der Waals surface area contributed by atoms with Crippen molar-refractivity contribution in [2.24, 2.45) is 5.10 Å². The minimum Gasteiger partial charge on any atom is -0.493 e. The molecule has 3 N–H and O–H groups in total. The number of nitrogens with one attached hydrogen (secondary N) is 3. The van der Waals surface area contributed by atoms with E-state index in [9.17, 15) is 19.2 Å². The zero-order valence-corrected chi connectivity index (χ0v) is 31.4. The van der Waals surface area contributed by atoms with Gasteiger partial charge in [0.05, 0.1) is 50.9 Å². The fraction of sp³-hybridized carbons (Fsp3) is 0.265. The number of carbonyl (C=O) groups is 4. The number of halogens is 2. The summed E-state index contributed by atoms with van der Waals surface area (Å²) in [6, 6.07) is 14.4. The first-order valence-electron chi connectivity index (χ1n) is 15.0. The number of ether oxygens (including phenoxy) is 5. The van der Waals surface area contributed by atoms with Crippen LogP contribution in [0.2, 0.25) is 0 Å². The van der Waals surface area contributed by atoms with E-state index < -0.39 is 23.9 Å². The number of esters is 2. The van der Waals surface area contributed by atoms with Crippen molar-refractivity contribution in [3.05, 3.63) is 95.3 Å². The van der Waals surface area contributed by atoms with Gasteiger partial charge in [0.15, 0.2) is 18.1 Å². The molecule has 0 aromatic heterocycles. The molecule has 3 aromatic rings. The van der Waals surface area contributed by atoms with Gasteiger partial charge in [-0.3, -0.25) is 4.79 Å². The molecular formula is C34H34I2N4O9. The topological polar surface area (TPSA) is 163 Å². The Bertz CT molecular complexity index is 1750. The van der Waals surface area contributed by atoms with Gasteiger partial charge >= 0.3 is 18.0 Å². The summed E-state index contributed by atoms with van der Waals surface area (Å²) in [6.07, 6.45) is 1.51. The highest BCUT2D eigenvalue weighted by molar-refractivity contribution is 14.1. The van der Waals surface area contributed by atoms with Crippen LogP contribution in [0.15, 0.2) is 71.0 Å². The quantitative estimate of drug-likeness (QED) is 0.0836. The molecule has 0 spiro atoms. The van der Waals surface area contributed by atoms with Gasteiger partial charge in [-0.1, -0.05) is 18.2 Å². The standard InChI is InChI=1S/C34H34I2N4O9/c1-5-46-32(42)22-9-7-20(8-10-22)17-49-31-24(35)13-21(14-25(31)36)16-37-40-28(41)18-48-26-12-11-23(15-27(26)45-4)30-29(33(43)47-6-2)19(3)38-34(44)39-30/h7-16,30H,5-6,17-18H2,1-4H3,(H,40,41)(H2,38,39,44)/b37-16+/t30-/m1/s1. The number of benzene rings is 3. The number of rotatable bonds is 14. The Morgan fingerprint density at radius 3 is 2.24 bits per heavy atom. The predicted molar refractivity (Wildman–Crippen MR) is 197 cm³/mol. The van der Waals surface area contributed by atoms with Crippen LogP contribution in [-0.4, -0.2) is 57.0 Å². The van der Waals surface area contributed by atoms with Gasteiger partial charge in [0.1, 0.15) is 12.4 Å². The number of methoxy groups -OCH3 is 1. The second-order valence-electron chi connectivity index (χ2n) is 10.3. The monoisotopic (exact) mass is 896 g/mol. The summed E-state index contributed by atoms with van der Waals surface area (Å²) < 4.78 is 29.1. The molecule has 0 unspecified atom stereocenters. The second-order valence-corrected chi connectivity index (χ2v) is 12.6. The number of amides is 3. The lowest BCUT2D eigenvalue weighted by atomic mass is 9.95. The smallest absolute Gasteiger partial charge is 0.338 e. The van der Waals surface area contributed by atoms with Crippen molar-refractivity contribution in [2.75, 3.05) is 26.9 Å². The second kappa shape index (κ2) is 17.8. The van der Waals surface area contributed by atoms with Gasteiger partial charge in [0.25, 0.3) is 5.91 Å². The maximum absolute atomic E-state index is 12.6. The van der Waals surface area contributed by atoms with Crippen molar-refractivity contribution < 1.29 is 42.9 Å². The number of carbonyl (C=O) groups excluding carboxylic acids is 4. The third kappa shape index (κ3) is 10.1. The third-order valence-corrected chi connectivity index (χ3v) is 8.52. The third-order valence-electron chi connectivity index (χ3n) is 6.92. The summed E-state index contributed by atoms with van der Waals surface area (Å²) in [4.78, 5) is 49.2. The maximum atomic E-state index is 12.6. The molecule has 0 aliphatic carbocycles. The predicted octanol–water partition coefficient (Wildman–Crippen LogP) is 5.38. The van der Waals surface area contributed by atoms with E-state index in [4.69, 9.17) is 23.7 Å². The molecule has 0 bridgehead atoms. The lowest BCUT2D eigenvalue weighted by Crippen LogP contribution is -2.45. The minimum atomic E-state index is -0.781. The van der Waals surface area contributed by atoms with E-state index in [-0.39, 0.29) is 30.5 Å². The van der Waals surface area contributed by atoms with E-state index >= 15 is 0 Å². The van der Waals surface area contributed by atoms with Crippen LogP contribution < -0.4 is 30.3 Å². The number of hydrogen-bond acceptors (Lipinski definition) is 10. The molecule has 1 aliphatic heterocycles. The summed E-state index contributed by atoms with van der Waals surface area (Å²) in [7, 11) is 1.44. The molecule has 0 saturated heterocycles. The normalized spacial score (nSPS) is 14.1. The summed E-state index contributed by atoms with van der Waals surface area (Å²) in [6.45, 7) is 5.54. The number of hydrazone groups is 1. The average Bonchev–Trinajstić information content (AvgIpc) is 3.07. The molecule has 3 amide bonds. The van der Waals surface area contributed by atoms with Crippen LogP contribution in [0.5, 0.6) is 17.2 Å². The van der Waals surface area contributed by atoms with E-state index in [0.29, 0.717) is 41.5 Å². The van der Waals surface area contributed by atoms with Crippen molar-refractivity contribution in [3.8, 4) is 17.2 Å². The van der Waals surface area contributed by atoms with Crippen molar-refractivity contribution in [1.82, 2.24) is 16.1 Å². The molecule has 0 saturated carbocycles. The van der Waals surface area contributed by atoms with Gasteiger partial charge in [-0.25, -0.2) is 19.8 Å². The van der Waals surface area contributed by atoms with Crippen LogP contribution in [0.4, 0.5) is 4.79 Å². The van der Waals surface area contributed by atoms with E-state index in [2.05, 4.69) is 66.3 Å². The number of allylic oxidation sites excluding steroid dienone is 1. The number of nitrogens with zero attached hydrogens (tertiary/aromatic N) is 1. The first-order chi connectivity index (χ1) is 23.5. The van der Waals surface area contributed by atoms with Gasteiger partial charge in [-0.2, -0.15) is 5.10 Å². The number of hydrogen-bond donors (Lipinski definition) is 3. The molecule has 1 heterocycles. The first kappa shape index (κ1) is 37.4. The molecular weight excluding hydrogens is 862 g/mol. The van der Waals surface area contributed by atoms with Crippen molar-refractivity contribution >= 4 is 75.3 Å².